The van der Waals surface area contributed by atoms with Gasteiger partial charge in [-0.2, -0.15) is 5.10 Å². The molecular weight excluding hydrogens is 462 g/mol. The molecule has 2 fully saturated rings. The molecule has 188 valence electrons. The Morgan fingerprint density at radius 2 is 1.68 bits per heavy atom. The van der Waals surface area contributed by atoms with Gasteiger partial charge in [0, 0.05) is 56.1 Å². The van der Waals surface area contributed by atoms with E-state index in [2.05, 4.69) is 71.2 Å². The van der Waals surface area contributed by atoms with E-state index in [0.717, 1.165) is 83.0 Å². The number of likely N-dealkylation sites (tertiary alicyclic amines) is 1. The van der Waals surface area contributed by atoms with E-state index in [4.69, 9.17) is 4.98 Å². The highest BCUT2D eigenvalue weighted by molar-refractivity contribution is 5.97. The number of imidazole rings is 1. The maximum atomic E-state index is 5.02. The molecule has 0 radical (unpaired) electrons. The van der Waals surface area contributed by atoms with Crippen molar-refractivity contribution in [2.75, 3.05) is 51.2 Å². The van der Waals surface area contributed by atoms with Gasteiger partial charge < -0.3 is 14.8 Å². The van der Waals surface area contributed by atoms with E-state index in [1.807, 2.05) is 24.8 Å². The molecule has 6 heterocycles. The number of fused-ring (bicyclic) bond motifs is 2. The van der Waals surface area contributed by atoms with E-state index in [-0.39, 0.29) is 0 Å². The van der Waals surface area contributed by atoms with Crippen molar-refractivity contribution in [3.63, 3.8) is 0 Å². The fraction of sp³-hybridized carbons (Fsp3) is 0.357. The molecule has 2 saturated heterocycles. The first kappa shape index (κ1) is 22.4. The average Bonchev–Trinajstić information content (AvgIpc) is 3.68. The number of piperazine rings is 1. The molecule has 37 heavy (non-hydrogen) atoms. The Morgan fingerprint density at radius 3 is 2.54 bits per heavy atom. The van der Waals surface area contributed by atoms with Crippen LogP contribution in [-0.4, -0.2) is 86.2 Å². The summed E-state index contributed by atoms with van der Waals surface area (Å²) in [5, 5.41) is 8.88. The van der Waals surface area contributed by atoms with Crippen molar-refractivity contribution in [2.45, 2.75) is 19.4 Å². The lowest BCUT2D eigenvalue weighted by Crippen LogP contribution is -2.44. The van der Waals surface area contributed by atoms with Gasteiger partial charge >= 0.3 is 0 Å². The lowest BCUT2D eigenvalue weighted by Gasteiger charge is -2.33. The zero-order valence-electron chi connectivity index (χ0n) is 21.1. The van der Waals surface area contributed by atoms with Crippen LogP contribution in [0.15, 0.2) is 49.1 Å². The SMILES string of the molecule is CN1CCN(c2cncc3[nH]c(-c4n[nH]c5ccc(-c6cncc(CN7CCCC7)c6)cc45)nc23)CC1. The number of likely N-dealkylation sites (N-methyl/N-ethyl adjacent to an activating group) is 1. The number of pyridine rings is 2. The lowest BCUT2D eigenvalue weighted by molar-refractivity contribution is 0.313. The number of anilines is 1. The van der Waals surface area contributed by atoms with Crippen molar-refractivity contribution < 1.29 is 0 Å². The lowest BCUT2D eigenvalue weighted by atomic mass is 10.0. The molecule has 2 aliphatic rings. The van der Waals surface area contributed by atoms with E-state index in [1.165, 1.54) is 31.5 Å². The van der Waals surface area contributed by atoms with E-state index in [0.29, 0.717) is 0 Å². The molecule has 0 unspecified atom stereocenters. The van der Waals surface area contributed by atoms with Crippen LogP contribution in [0.5, 0.6) is 0 Å². The van der Waals surface area contributed by atoms with Crippen LogP contribution in [-0.2, 0) is 6.54 Å². The molecule has 7 rings (SSSR count). The summed E-state index contributed by atoms with van der Waals surface area (Å²) in [5.41, 5.74) is 8.26. The highest BCUT2D eigenvalue weighted by Crippen LogP contribution is 2.32. The average molecular weight is 494 g/mol. The molecule has 0 saturated carbocycles. The summed E-state index contributed by atoms with van der Waals surface area (Å²) >= 11 is 0. The van der Waals surface area contributed by atoms with E-state index >= 15 is 0 Å². The van der Waals surface area contributed by atoms with Gasteiger partial charge in [0.25, 0.3) is 0 Å². The van der Waals surface area contributed by atoms with E-state index < -0.39 is 0 Å². The van der Waals surface area contributed by atoms with Crippen molar-refractivity contribution in [2.24, 2.45) is 0 Å². The summed E-state index contributed by atoms with van der Waals surface area (Å²) in [7, 11) is 2.17. The topological polar surface area (TPSA) is 92.9 Å². The fourth-order valence-corrected chi connectivity index (χ4v) is 5.61. The molecule has 0 aliphatic carbocycles. The smallest absolute Gasteiger partial charge is 0.159 e. The van der Waals surface area contributed by atoms with Gasteiger partial charge in [-0.15, -0.1) is 0 Å². The zero-order valence-corrected chi connectivity index (χ0v) is 21.1. The van der Waals surface area contributed by atoms with Gasteiger partial charge in [-0.3, -0.25) is 20.0 Å². The second-order valence-corrected chi connectivity index (χ2v) is 10.3. The number of aromatic nitrogens is 6. The molecule has 0 bridgehead atoms. The molecule has 1 aromatic carbocycles. The van der Waals surface area contributed by atoms with Crippen LogP contribution in [0.25, 0.3) is 44.6 Å². The van der Waals surface area contributed by atoms with Gasteiger partial charge in [-0.05, 0) is 62.3 Å². The third-order valence-electron chi connectivity index (χ3n) is 7.74. The monoisotopic (exact) mass is 493 g/mol. The van der Waals surface area contributed by atoms with Gasteiger partial charge in [0.05, 0.1) is 29.1 Å². The van der Waals surface area contributed by atoms with Crippen molar-refractivity contribution in [3.05, 3.63) is 54.6 Å². The van der Waals surface area contributed by atoms with Gasteiger partial charge in [0.1, 0.15) is 11.2 Å². The molecule has 9 heteroatoms. The molecule has 5 aromatic rings. The van der Waals surface area contributed by atoms with Crippen LogP contribution >= 0.6 is 0 Å². The molecule has 4 aromatic heterocycles. The van der Waals surface area contributed by atoms with Crippen molar-refractivity contribution in [3.8, 4) is 22.6 Å². The summed E-state index contributed by atoms with van der Waals surface area (Å²) in [6.07, 6.45) is 10.3. The van der Waals surface area contributed by atoms with Crippen LogP contribution in [0.2, 0.25) is 0 Å². The molecule has 9 nitrogen and oxygen atoms in total. The Balaban J connectivity index is 1.24. The summed E-state index contributed by atoms with van der Waals surface area (Å²) in [5.74, 6) is 0.752. The zero-order chi connectivity index (χ0) is 24.8. The maximum Gasteiger partial charge on any atom is 0.159 e. The quantitative estimate of drug-likeness (QED) is 0.383. The molecular formula is C28H31N9. The Labute approximate surface area is 215 Å². The minimum absolute atomic E-state index is 0.752. The van der Waals surface area contributed by atoms with Gasteiger partial charge in [-0.1, -0.05) is 6.07 Å². The number of hydrogen-bond acceptors (Lipinski definition) is 7. The number of benzene rings is 1. The number of H-pyrrole nitrogens is 2. The van der Waals surface area contributed by atoms with Crippen molar-refractivity contribution in [1.82, 2.24) is 39.9 Å². The van der Waals surface area contributed by atoms with Crippen LogP contribution < -0.4 is 4.90 Å². The number of nitrogens with one attached hydrogen (secondary N) is 2. The summed E-state index contributed by atoms with van der Waals surface area (Å²) in [6, 6.07) is 8.68. The summed E-state index contributed by atoms with van der Waals surface area (Å²) in [6.45, 7) is 7.33. The predicted molar refractivity (Wildman–Crippen MR) is 146 cm³/mol. The molecule has 0 atom stereocenters. The first-order chi connectivity index (χ1) is 18.2. The van der Waals surface area contributed by atoms with Crippen LogP contribution in [0.4, 0.5) is 5.69 Å². The molecule has 2 aliphatic heterocycles. The normalized spacial score (nSPS) is 17.4. The van der Waals surface area contributed by atoms with Crippen LogP contribution in [0, 0.1) is 0 Å². The largest absolute Gasteiger partial charge is 0.366 e. The Bertz CT molecular complexity index is 1550. The minimum atomic E-state index is 0.752. The highest BCUT2D eigenvalue weighted by atomic mass is 15.3. The fourth-order valence-electron chi connectivity index (χ4n) is 5.61. The van der Waals surface area contributed by atoms with Crippen LogP contribution in [0.3, 0.4) is 0 Å². The third-order valence-corrected chi connectivity index (χ3v) is 7.74. The second-order valence-electron chi connectivity index (χ2n) is 10.3. The summed E-state index contributed by atoms with van der Waals surface area (Å²) < 4.78 is 0. The minimum Gasteiger partial charge on any atom is -0.366 e. The van der Waals surface area contributed by atoms with Gasteiger partial charge in [0.15, 0.2) is 5.82 Å². The van der Waals surface area contributed by atoms with Crippen molar-refractivity contribution >= 4 is 27.6 Å². The molecule has 0 amide bonds. The first-order valence-electron chi connectivity index (χ1n) is 13.1. The predicted octanol–water partition coefficient (Wildman–Crippen LogP) is 3.91. The number of hydrogen-bond donors (Lipinski definition) is 2. The third kappa shape index (κ3) is 4.24. The number of aromatic amines is 2. The molecule has 2 N–H and O–H groups in total. The second kappa shape index (κ2) is 9.24. The Morgan fingerprint density at radius 1 is 0.838 bits per heavy atom. The Kier molecular flexibility index (Phi) is 5.59. The van der Waals surface area contributed by atoms with Gasteiger partial charge in [0.2, 0.25) is 0 Å². The highest BCUT2D eigenvalue weighted by Gasteiger charge is 2.20. The molecule has 0 spiro atoms. The van der Waals surface area contributed by atoms with Crippen LogP contribution in [0.1, 0.15) is 18.4 Å². The Hall–Kier alpha value is -3.82. The van der Waals surface area contributed by atoms with E-state index in [1.54, 1.807) is 0 Å². The van der Waals surface area contributed by atoms with E-state index in [9.17, 15) is 0 Å². The van der Waals surface area contributed by atoms with Crippen molar-refractivity contribution in [1.29, 1.82) is 0 Å². The summed E-state index contributed by atoms with van der Waals surface area (Å²) in [4.78, 5) is 24.8. The van der Waals surface area contributed by atoms with Gasteiger partial charge in [-0.25, -0.2) is 4.98 Å². The maximum absolute atomic E-state index is 5.02. The number of rotatable bonds is 5. The number of nitrogens with zero attached hydrogens (tertiary/aromatic N) is 7. The first-order valence-corrected chi connectivity index (χ1v) is 13.1. The standard InChI is InChI=1S/C28H31N9/c1-35-8-10-37(11-9-35)25-17-30-16-24-27(25)32-28(31-24)26-22-13-20(4-5-23(22)33-34-26)21-12-19(14-29-15-21)18-36-6-2-3-7-36/h4-5,12-17H,2-3,6-11,18H2,1H3,(H,31,32)(H,33,34).